The van der Waals surface area contributed by atoms with E-state index in [1.54, 1.807) is 11.3 Å². The molecule has 1 aromatic heterocycles. The van der Waals surface area contributed by atoms with Crippen LogP contribution in [0, 0.1) is 5.41 Å². The zero-order valence-electron chi connectivity index (χ0n) is 9.75. The van der Waals surface area contributed by atoms with Gasteiger partial charge >= 0.3 is 0 Å². The van der Waals surface area contributed by atoms with Crippen molar-refractivity contribution in [2.24, 2.45) is 5.41 Å². The fourth-order valence-electron chi connectivity index (χ4n) is 1.71. The molecule has 1 N–H and O–H groups in total. The molecule has 1 fully saturated rings. The molecule has 0 amide bonds. The Labute approximate surface area is 96.9 Å². The predicted molar refractivity (Wildman–Crippen MR) is 67.4 cm³/mol. The summed E-state index contributed by atoms with van der Waals surface area (Å²) in [4.78, 5) is 0. The van der Waals surface area contributed by atoms with E-state index in [4.69, 9.17) is 0 Å². The Balaban J connectivity index is 1.71. The van der Waals surface area contributed by atoms with Crippen LogP contribution < -0.4 is 5.32 Å². The molecule has 0 aromatic carbocycles. The number of thiophene rings is 1. The van der Waals surface area contributed by atoms with Crippen LogP contribution in [0.2, 0.25) is 0 Å². The number of nitrogens with one attached hydrogen (secondary N) is 1. The molecule has 15 heavy (non-hydrogen) atoms. The average Bonchev–Trinajstić information content (AvgIpc) is 2.88. The lowest BCUT2D eigenvalue weighted by molar-refractivity contribution is 0.313. The standard InChI is InChI=1S/C13H21NS/c1-13(2,10-14-12-3-4-12)7-5-11-6-8-15-9-11/h6,8-9,12,14H,3-5,7,10H2,1-2H3. The van der Waals surface area contributed by atoms with Crippen LogP contribution in [0.15, 0.2) is 16.8 Å². The summed E-state index contributed by atoms with van der Waals surface area (Å²) >= 11 is 1.80. The van der Waals surface area contributed by atoms with E-state index < -0.39 is 0 Å². The first-order chi connectivity index (χ1) is 7.16. The smallest absolute Gasteiger partial charge is 0.00684 e. The molecule has 84 valence electrons. The number of hydrogen-bond acceptors (Lipinski definition) is 2. The normalized spacial score (nSPS) is 16.9. The second-order valence-electron chi connectivity index (χ2n) is 5.45. The van der Waals surface area contributed by atoms with E-state index in [9.17, 15) is 0 Å². The minimum absolute atomic E-state index is 0.435. The van der Waals surface area contributed by atoms with Crippen LogP contribution in [0.5, 0.6) is 0 Å². The van der Waals surface area contributed by atoms with Gasteiger partial charge in [0.15, 0.2) is 0 Å². The Morgan fingerprint density at radius 1 is 1.47 bits per heavy atom. The first-order valence-electron chi connectivity index (χ1n) is 5.90. The van der Waals surface area contributed by atoms with Gasteiger partial charge in [0, 0.05) is 12.6 Å². The summed E-state index contributed by atoms with van der Waals surface area (Å²) in [6, 6.07) is 3.08. The van der Waals surface area contributed by atoms with Gasteiger partial charge in [-0.1, -0.05) is 13.8 Å². The molecule has 1 heterocycles. The highest BCUT2D eigenvalue weighted by atomic mass is 32.1. The minimum Gasteiger partial charge on any atom is -0.313 e. The average molecular weight is 223 g/mol. The van der Waals surface area contributed by atoms with Crippen LogP contribution in [-0.4, -0.2) is 12.6 Å². The van der Waals surface area contributed by atoms with Gasteiger partial charge < -0.3 is 5.32 Å². The molecule has 1 aliphatic carbocycles. The van der Waals surface area contributed by atoms with Crippen LogP contribution >= 0.6 is 11.3 Å². The zero-order chi connectivity index (χ0) is 10.7. The number of rotatable bonds is 6. The molecule has 1 aliphatic rings. The van der Waals surface area contributed by atoms with Crippen molar-refractivity contribution in [3.63, 3.8) is 0 Å². The summed E-state index contributed by atoms with van der Waals surface area (Å²) in [5.41, 5.74) is 1.93. The van der Waals surface area contributed by atoms with Crippen molar-refractivity contribution >= 4 is 11.3 Å². The molecule has 0 radical (unpaired) electrons. The third kappa shape index (κ3) is 3.96. The van der Waals surface area contributed by atoms with E-state index in [1.165, 1.54) is 37.8 Å². The number of hydrogen-bond donors (Lipinski definition) is 1. The van der Waals surface area contributed by atoms with Gasteiger partial charge in [-0.05, 0) is 53.5 Å². The Morgan fingerprint density at radius 2 is 2.27 bits per heavy atom. The second kappa shape index (κ2) is 4.67. The Bertz CT molecular complexity index is 285. The van der Waals surface area contributed by atoms with Gasteiger partial charge in [-0.25, -0.2) is 0 Å². The summed E-state index contributed by atoms with van der Waals surface area (Å²) in [5, 5.41) is 8.07. The summed E-state index contributed by atoms with van der Waals surface area (Å²) in [6.45, 7) is 5.91. The van der Waals surface area contributed by atoms with Crippen molar-refractivity contribution in [3.05, 3.63) is 22.4 Å². The third-order valence-electron chi connectivity index (χ3n) is 3.12. The van der Waals surface area contributed by atoms with E-state index in [1.807, 2.05) is 0 Å². The fraction of sp³-hybridized carbons (Fsp3) is 0.692. The summed E-state index contributed by atoms with van der Waals surface area (Å²) in [5.74, 6) is 0. The minimum atomic E-state index is 0.435. The van der Waals surface area contributed by atoms with Crippen molar-refractivity contribution < 1.29 is 0 Å². The largest absolute Gasteiger partial charge is 0.313 e. The van der Waals surface area contributed by atoms with Crippen molar-refractivity contribution in [1.29, 1.82) is 0 Å². The Hall–Kier alpha value is -0.340. The van der Waals surface area contributed by atoms with Crippen LogP contribution in [0.25, 0.3) is 0 Å². The summed E-state index contributed by atoms with van der Waals surface area (Å²) < 4.78 is 0. The predicted octanol–water partition coefficient (Wildman–Crippen LogP) is 3.46. The van der Waals surface area contributed by atoms with Gasteiger partial charge in [-0.2, -0.15) is 11.3 Å². The molecule has 0 unspecified atom stereocenters. The molecule has 1 saturated carbocycles. The maximum atomic E-state index is 3.63. The van der Waals surface area contributed by atoms with Crippen LogP contribution in [0.3, 0.4) is 0 Å². The van der Waals surface area contributed by atoms with Crippen molar-refractivity contribution in [2.75, 3.05) is 6.54 Å². The maximum Gasteiger partial charge on any atom is 0.00684 e. The summed E-state index contributed by atoms with van der Waals surface area (Å²) in [7, 11) is 0. The molecule has 2 rings (SSSR count). The lowest BCUT2D eigenvalue weighted by atomic mass is 9.86. The highest BCUT2D eigenvalue weighted by Crippen LogP contribution is 2.25. The summed E-state index contributed by atoms with van der Waals surface area (Å²) in [6.07, 6.45) is 5.29. The molecule has 0 atom stereocenters. The van der Waals surface area contributed by atoms with E-state index in [-0.39, 0.29) is 0 Å². The van der Waals surface area contributed by atoms with Gasteiger partial charge in [-0.3, -0.25) is 0 Å². The monoisotopic (exact) mass is 223 g/mol. The maximum absolute atomic E-state index is 3.63. The Kier molecular flexibility index (Phi) is 3.47. The zero-order valence-corrected chi connectivity index (χ0v) is 10.6. The van der Waals surface area contributed by atoms with E-state index in [0.717, 1.165) is 6.04 Å². The molecule has 0 saturated heterocycles. The van der Waals surface area contributed by atoms with Crippen molar-refractivity contribution in [1.82, 2.24) is 5.32 Å². The molecular formula is C13H21NS. The molecule has 1 nitrogen and oxygen atoms in total. The molecule has 1 aromatic rings. The van der Waals surface area contributed by atoms with Crippen LogP contribution in [0.4, 0.5) is 0 Å². The van der Waals surface area contributed by atoms with Crippen LogP contribution in [0.1, 0.15) is 38.7 Å². The van der Waals surface area contributed by atoms with Crippen LogP contribution in [-0.2, 0) is 6.42 Å². The van der Waals surface area contributed by atoms with E-state index in [0.29, 0.717) is 5.41 Å². The topological polar surface area (TPSA) is 12.0 Å². The second-order valence-corrected chi connectivity index (χ2v) is 6.23. The first-order valence-corrected chi connectivity index (χ1v) is 6.84. The van der Waals surface area contributed by atoms with Crippen molar-refractivity contribution in [3.8, 4) is 0 Å². The highest BCUT2D eigenvalue weighted by Gasteiger charge is 2.24. The fourth-order valence-corrected chi connectivity index (χ4v) is 2.42. The lowest BCUT2D eigenvalue weighted by Crippen LogP contribution is -2.31. The van der Waals surface area contributed by atoms with Gasteiger partial charge in [0.1, 0.15) is 0 Å². The molecule has 0 spiro atoms. The quantitative estimate of drug-likeness (QED) is 0.779. The third-order valence-corrected chi connectivity index (χ3v) is 3.85. The lowest BCUT2D eigenvalue weighted by Gasteiger charge is -2.25. The SMILES string of the molecule is CC(C)(CCc1ccsc1)CNC1CC1. The molecule has 0 aliphatic heterocycles. The number of aryl methyl sites for hydroxylation is 1. The van der Waals surface area contributed by atoms with Crippen molar-refractivity contribution in [2.45, 2.75) is 45.6 Å². The molecule has 0 bridgehead atoms. The van der Waals surface area contributed by atoms with E-state index >= 15 is 0 Å². The van der Waals surface area contributed by atoms with Gasteiger partial charge in [-0.15, -0.1) is 0 Å². The highest BCUT2D eigenvalue weighted by molar-refractivity contribution is 7.07. The van der Waals surface area contributed by atoms with Gasteiger partial charge in [0.2, 0.25) is 0 Å². The first kappa shape index (κ1) is 11.2. The Morgan fingerprint density at radius 3 is 2.87 bits per heavy atom. The van der Waals surface area contributed by atoms with E-state index in [2.05, 4.69) is 36.0 Å². The van der Waals surface area contributed by atoms with Gasteiger partial charge in [0.05, 0.1) is 0 Å². The molecular weight excluding hydrogens is 202 g/mol. The molecule has 2 heteroatoms. The van der Waals surface area contributed by atoms with Gasteiger partial charge in [0.25, 0.3) is 0 Å².